The number of anilines is 1. The van der Waals surface area contributed by atoms with E-state index in [0.717, 1.165) is 12.8 Å². The van der Waals surface area contributed by atoms with E-state index >= 15 is 0 Å². The quantitative estimate of drug-likeness (QED) is 0.612. The lowest BCUT2D eigenvalue weighted by Gasteiger charge is -2.10. The Balaban J connectivity index is 1.88. The number of aromatic nitrogens is 1. The van der Waals surface area contributed by atoms with Crippen molar-refractivity contribution in [1.29, 1.82) is 0 Å². The zero-order chi connectivity index (χ0) is 14.6. The number of amides is 1. The molecule has 1 fully saturated rings. The Morgan fingerprint density at radius 2 is 2.15 bits per heavy atom. The highest BCUT2D eigenvalue weighted by Crippen LogP contribution is 2.28. The first-order valence-electron chi connectivity index (χ1n) is 6.44. The molecule has 1 aromatic rings. The molecule has 0 aliphatic heterocycles. The highest BCUT2D eigenvalue weighted by Gasteiger charge is 2.29. The topological polar surface area (TPSA) is 100 Å². The summed E-state index contributed by atoms with van der Waals surface area (Å²) in [5.74, 6) is 0.127. The van der Waals surface area contributed by atoms with Crippen molar-refractivity contribution in [2.75, 3.05) is 25.5 Å². The maximum absolute atomic E-state index is 12.1. The summed E-state index contributed by atoms with van der Waals surface area (Å²) in [5.41, 5.74) is 0.481. The van der Waals surface area contributed by atoms with Gasteiger partial charge >= 0.3 is 0 Å². The monoisotopic (exact) mass is 298 g/mol. The van der Waals surface area contributed by atoms with E-state index in [1.807, 2.05) is 0 Å². The zero-order valence-electron chi connectivity index (χ0n) is 11.2. The Bertz CT molecular complexity index is 584. The number of nitrogens with one attached hydrogen (secondary N) is 3. The summed E-state index contributed by atoms with van der Waals surface area (Å²) in [6.45, 7) is 0.433. The Labute approximate surface area is 118 Å². The molecular weight excluding hydrogens is 280 g/mol. The molecule has 2 rings (SSSR count). The zero-order valence-corrected chi connectivity index (χ0v) is 12.0. The van der Waals surface area contributed by atoms with Crippen LogP contribution in [0.1, 0.15) is 12.8 Å². The van der Waals surface area contributed by atoms with Gasteiger partial charge < -0.3 is 10.6 Å². The van der Waals surface area contributed by atoms with Gasteiger partial charge in [0.15, 0.2) is 0 Å². The largest absolute Gasteiger partial charge is 0.387 e. The second-order valence-electron chi connectivity index (χ2n) is 4.58. The number of carbonyl (C=O) groups is 1. The third-order valence-electron chi connectivity index (χ3n) is 3.01. The lowest BCUT2D eigenvalue weighted by atomic mass is 10.4. The fourth-order valence-electron chi connectivity index (χ4n) is 1.74. The van der Waals surface area contributed by atoms with E-state index in [1.54, 1.807) is 13.1 Å². The van der Waals surface area contributed by atoms with Gasteiger partial charge in [-0.25, -0.2) is 13.1 Å². The van der Waals surface area contributed by atoms with Crippen LogP contribution in [0.15, 0.2) is 23.4 Å². The van der Waals surface area contributed by atoms with Crippen LogP contribution >= 0.6 is 0 Å². The summed E-state index contributed by atoms with van der Waals surface area (Å²) in [6, 6.07) is 1.59. The molecule has 3 N–H and O–H groups in total. The fraction of sp³-hybridized carbons (Fsp3) is 0.500. The van der Waals surface area contributed by atoms with Gasteiger partial charge in [0, 0.05) is 38.4 Å². The first kappa shape index (κ1) is 14.7. The molecule has 0 saturated heterocycles. The Morgan fingerprint density at radius 1 is 1.40 bits per heavy atom. The van der Waals surface area contributed by atoms with E-state index in [2.05, 4.69) is 20.3 Å². The van der Waals surface area contributed by atoms with Gasteiger partial charge in [0.25, 0.3) is 0 Å². The molecule has 1 aliphatic carbocycles. The van der Waals surface area contributed by atoms with Crippen molar-refractivity contribution in [3.05, 3.63) is 18.5 Å². The van der Waals surface area contributed by atoms with Gasteiger partial charge in [-0.2, -0.15) is 0 Å². The number of hydrogen-bond acceptors (Lipinski definition) is 5. The third kappa shape index (κ3) is 3.67. The molecule has 1 aliphatic rings. The van der Waals surface area contributed by atoms with Gasteiger partial charge in [-0.1, -0.05) is 0 Å². The van der Waals surface area contributed by atoms with Crippen molar-refractivity contribution < 1.29 is 13.2 Å². The summed E-state index contributed by atoms with van der Waals surface area (Å²) >= 11 is 0. The average Bonchev–Trinajstić information content (AvgIpc) is 3.28. The summed E-state index contributed by atoms with van der Waals surface area (Å²) in [6.07, 6.45) is 4.66. The Hall–Kier alpha value is -1.67. The molecule has 1 heterocycles. The van der Waals surface area contributed by atoms with Crippen LogP contribution in [0, 0.1) is 5.92 Å². The second kappa shape index (κ2) is 6.19. The van der Waals surface area contributed by atoms with Gasteiger partial charge in [0.2, 0.25) is 15.9 Å². The van der Waals surface area contributed by atoms with Gasteiger partial charge in [-0.3, -0.25) is 9.78 Å². The van der Waals surface area contributed by atoms with Crippen LogP contribution in [0.25, 0.3) is 0 Å². The van der Waals surface area contributed by atoms with Crippen molar-refractivity contribution in [2.45, 2.75) is 17.7 Å². The first-order valence-corrected chi connectivity index (χ1v) is 7.92. The van der Waals surface area contributed by atoms with Crippen molar-refractivity contribution in [2.24, 2.45) is 5.92 Å². The molecule has 0 radical (unpaired) electrons. The summed E-state index contributed by atoms with van der Waals surface area (Å²) < 4.78 is 26.6. The van der Waals surface area contributed by atoms with Gasteiger partial charge in [-0.05, 0) is 18.9 Å². The molecule has 0 unspecified atom stereocenters. The van der Waals surface area contributed by atoms with Crippen molar-refractivity contribution in [3.63, 3.8) is 0 Å². The molecule has 0 aromatic carbocycles. The number of hydrogen-bond donors (Lipinski definition) is 3. The van der Waals surface area contributed by atoms with Gasteiger partial charge in [0.1, 0.15) is 4.90 Å². The van der Waals surface area contributed by atoms with Crippen LogP contribution in [0.3, 0.4) is 0 Å². The highest BCUT2D eigenvalue weighted by molar-refractivity contribution is 7.89. The summed E-state index contributed by atoms with van der Waals surface area (Å²) in [4.78, 5) is 15.3. The number of sulfonamides is 1. The van der Waals surface area contributed by atoms with Crippen molar-refractivity contribution in [1.82, 2.24) is 15.0 Å². The van der Waals surface area contributed by atoms with E-state index in [1.165, 1.54) is 12.4 Å². The average molecular weight is 298 g/mol. The minimum absolute atomic E-state index is 0.00138. The molecule has 1 amide bonds. The number of carbonyl (C=O) groups excluding carboxylic acids is 1. The molecule has 0 spiro atoms. The molecule has 0 bridgehead atoms. The summed E-state index contributed by atoms with van der Waals surface area (Å²) in [7, 11) is -1.99. The van der Waals surface area contributed by atoms with Crippen LogP contribution < -0.4 is 15.4 Å². The van der Waals surface area contributed by atoms with Crippen LogP contribution in [0.4, 0.5) is 5.69 Å². The molecule has 20 heavy (non-hydrogen) atoms. The summed E-state index contributed by atoms with van der Waals surface area (Å²) in [5, 5.41) is 5.50. The normalized spacial score (nSPS) is 14.8. The van der Waals surface area contributed by atoms with E-state index in [9.17, 15) is 13.2 Å². The molecule has 7 nitrogen and oxygen atoms in total. The predicted octanol–water partition coefficient (Wildman–Crippen LogP) is -0.0722. The van der Waals surface area contributed by atoms with Gasteiger partial charge in [-0.15, -0.1) is 0 Å². The lowest BCUT2D eigenvalue weighted by Crippen LogP contribution is -2.35. The smallest absolute Gasteiger partial charge is 0.244 e. The number of rotatable bonds is 7. The van der Waals surface area contributed by atoms with Gasteiger partial charge in [0.05, 0.1) is 5.69 Å². The van der Waals surface area contributed by atoms with Crippen LogP contribution in [-0.4, -0.2) is 39.4 Å². The van der Waals surface area contributed by atoms with E-state index in [0.29, 0.717) is 5.69 Å². The van der Waals surface area contributed by atoms with Crippen LogP contribution in [0.2, 0.25) is 0 Å². The minimum Gasteiger partial charge on any atom is -0.387 e. The second-order valence-corrected chi connectivity index (χ2v) is 6.32. The molecule has 1 aromatic heterocycles. The van der Waals surface area contributed by atoms with Crippen LogP contribution in [0.5, 0.6) is 0 Å². The molecule has 8 heteroatoms. The lowest BCUT2D eigenvalue weighted by molar-refractivity contribution is -0.122. The fourth-order valence-corrected chi connectivity index (χ4v) is 2.92. The Morgan fingerprint density at radius 3 is 2.80 bits per heavy atom. The first-order chi connectivity index (χ1) is 9.54. The highest BCUT2D eigenvalue weighted by atomic mass is 32.2. The molecular formula is C12H18N4O3S. The minimum atomic E-state index is -3.63. The van der Waals surface area contributed by atoms with E-state index in [-0.39, 0.29) is 29.8 Å². The SMILES string of the molecule is CNc1ccncc1S(=O)(=O)NCCNC(=O)C1CC1. The van der Waals surface area contributed by atoms with Crippen LogP contribution in [-0.2, 0) is 14.8 Å². The third-order valence-corrected chi connectivity index (χ3v) is 4.50. The van der Waals surface area contributed by atoms with E-state index in [4.69, 9.17) is 0 Å². The van der Waals surface area contributed by atoms with E-state index < -0.39 is 10.0 Å². The number of pyridine rings is 1. The predicted molar refractivity (Wildman–Crippen MR) is 74.7 cm³/mol. The molecule has 0 atom stereocenters. The molecule has 1 saturated carbocycles. The van der Waals surface area contributed by atoms with Crippen molar-refractivity contribution in [3.8, 4) is 0 Å². The maximum Gasteiger partial charge on any atom is 0.244 e. The molecule has 110 valence electrons. The Kier molecular flexibility index (Phi) is 4.56. The van der Waals surface area contributed by atoms with Crippen molar-refractivity contribution >= 4 is 21.6 Å². The number of nitrogens with zero attached hydrogens (tertiary/aromatic N) is 1. The standard InChI is InChI=1S/C12H18N4O3S/c1-13-10-4-5-14-8-11(10)20(18,19)16-7-6-15-12(17)9-2-3-9/h4-5,8-9,16H,2-3,6-7H2,1H3,(H,13,14)(H,15,17). The maximum atomic E-state index is 12.1.